The molecule has 0 spiro atoms. The first kappa shape index (κ1) is 20.7. The SMILES string of the molecule is Cc1ccc(Cn2ccsc2=NC(=O)COC(=O)CNC(=O)c2cccs2)cc1. The third kappa shape index (κ3) is 6.23. The summed E-state index contributed by atoms with van der Waals surface area (Å²) in [5.74, 6) is -1.62. The number of nitrogens with zero attached hydrogens (tertiary/aromatic N) is 2. The first-order valence-electron chi connectivity index (χ1n) is 8.75. The van der Waals surface area contributed by atoms with Crippen LogP contribution in [0.4, 0.5) is 0 Å². The van der Waals surface area contributed by atoms with E-state index >= 15 is 0 Å². The monoisotopic (exact) mass is 429 g/mol. The van der Waals surface area contributed by atoms with Crippen molar-refractivity contribution in [1.82, 2.24) is 9.88 Å². The molecule has 2 aromatic heterocycles. The molecule has 3 rings (SSSR count). The molecule has 3 aromatic rings. The number of carbonyl (C=O) groups excluding carboxylic acids is 3. The summed E-state index contributed by atoms with van der Waals surface area (Å²) >= 11 is 2.60. The summed E-state index contributed by atoms with van der Waals surface area (Å²) < 4.78 is 6.75. The van der Waals surface area contributed by atoms with Gasteiger partial charge < -0.3 is 14.6 Å². The summed E-state index contributed by atoms with van der Waals surface area (Å²) in [4.78, 5) is 40.6. The number of aromatic nitrogens is 1. The van der Waals surface area contributed by atoms with Crippen LogP contribution in [0.3, 0.4) is 0 Å². The lowest BCUT2D eigenvalue weighted by molar-refractivity contribution is -0.146. The van der Waals surface area contributed by atoms with Gasteiger partial charge in [-0.1, -0.05) is 35.9 Å². The molecule has 0 unspecified atom stereocenters. The molecule has 0 aliphatic rings. The Labute approximate surface area is 175 Å². The van der Waals surface area contributed by atoms with Crippen molar-refractivity contribution in [1.29, 1.82) is 0 Å². The maximum absolute atomic E-state index is 12.1. The van der Waals surface area contributed by atoms with Crippen LogP contribution in [0.5, 0.6) is 0 Å². The molecule has 150 valence electrons. The van der Waals surface area contributed by atoms with Gasteiger partial charge in [0.25, 0.3) is 11.8 Å². The van der Waals surface area contributed by atoms with Crippen LogP contribution in [0.1, 0.15) is 20.8 Å². The van der Waals surface area contributed by atoms with Gasteiger partial charge in [0.15, 0.2) is 11.4 Å². The zero-order chi connectivity index (χ0) is 20.6. The largest absolute Gasteiger partial charge is 0.454 e. The molecule has 9 heteroatoms. The summed E-state index contributed by atoms with van der Waals surface area (Å²) in [5, 5.41) is 6.05. The molecule has 29 heavy (non-hydrogen) atoms. The van der Waals surface area contributed by atoms with Crippen LogP contribution in [0.2, 0.25) is 0 Å². The highest BCUT2D eigenvalue weighted by Gasteiger charge is 2.11. The fourth-order valence-electron chi connectivity index (χ4n) is 2.38. The van der Waals surface area contributed by atoms with Crippen molar-refractivity contribution in [2.45, 2.75) is 13.5 Å². The molecule has 0 aliphatic heterocycles. The molecular formula is C20H19N3O4S2. The number of thiazole rings is 1. The van der Waals surface area contributed by atoms with E-state index in [2.05, 4.69) is 10.3 Å². The minimum Gasteiger partial charge on any atom is -0.454 e. The highest BCUT2D eigenvalue weighted by Crippen LogP contribution is 2.07. The van der Waals surface area contributed by atoms with Crippen LogP contribution in [0, 0.1) is 6.92 Å². The van der Waals surface area contributed by atoms with E-state index in [4.69, 9.17) is 4.74 Å². The van der Waals surface area contributed by atoms with Crippen molar-refractivity contribution >= 4 is 40.5 Å². The summed E-state index contributed by atoms with van der Waals surface area (Å²) in [7, 11) is 0. The quantitative estimate of drug-likeness (QED) is 0.584. The van der Waals surface area contributed by atoms with Gasteiger partial charge in [-0.05, 0) is 23.9 Å². The summed E-state index contributed by atoms with van der Waals surface area (Å²) in [6.45, 7) is 1.83. The lowest BCUT2D eigenvalue weighted by Crippen LogP contribution is -2.31. The minimum absolute atomic E-state index is 0.309. The summed E-state index contributed by atoms with van der Waals surface area (Å²) in [5.41, 5.74) is 2.27. The molecule has 0 fully saturated rings. The predicted octanol–water partition coefficient (Wildman–Crippen LogP) is 2.37. The van der Waals surface area contributed by atoms with E-state index in [0.29, 0.717) is 16.2 Å². The minimum atomic E-state index is -0.697. The smallest absolute Gasteiger partial charge is 0.325 e. The van der Waals surface area contributed by atoms with Gasteiger partial charge in [-0.3, -0.25) is 14.4 Å². The van der Waals surface area contributed by atoms with Gasteiger partial charge in [0, 0.05) is 18.1 Å². The Balaban J connectivity index is 1.50. The van der Waals surface area contributed by atoms with Crippen molar-refractivity contribution in [3.05, 3.63) is 74.2 Å². The molecule has 0 aliphatic carbocycles. The number of benzene rings is 1. The third-order valence-electron chi connectivity index (χ3n) is 3.85. The zero-order valence-corrected chi connectivity index (χ0v) is 17.3. The molecule has 1 N–H and O–H groups in total. The highest BCUT2D eigenvalue weighted by molar-refractivity contribution is 7.12. The van der Waals surface area contributed by atoms with Crippen molar-refractivity contribution in [2.75, 3.05) is 13.2 Å². The highest BCUT2D eigenvalue weighted by atomic mass is 32.1. The average Bonchev–Trinajstić information content (AvgIpc) is 3.39. The maximum Gasteiger partial charge on any atom is 0.325 e. The lowest BCUT2D eigenvalue weighted by atomic mass is 10.1. The maximum atomic E-state index is 12.1. The van der Waals surface area contributed by atoms with Gasteiger partial charge in [-0.25, -0.2) is 0 Å². The number of amides is 2. The van der Waals surface area contributed by atoms with Crippen LogP contribution in [-0.4, -0.2) is 35.5 Å². The number of esters is 1. The molecule has 0 saturated heterocycles. The summed E-state index contributed by atoms with van der Waals surface area (Å²) in [6.07, 6.45) is 1.85. The number of nitrogens with one attached hydrogen (secondary N) is 1. The lowest BCUT2D eigenvalue weighted by Gasteiger charge is -2.05. The van der Waals surface area contributed by atoms with Gasteiger partial charge in [0.2, 0.25) is 0 Å². The third-order valence-corrected chi connectivity index (χ3v) is 5.51. The molecule has 0 bridgehead atoms. The van der Waals surface area contributed by atoms with Gasteiger partial charge in [0.05, 0.1) is 4.88 Å². The van der Waals surface area contributed by atoms with E-state index in [0.717, 1.165) is 5.56 Å². The van der Waals surface area contributed by atoms with Crippen molar-refractivity contribution < 1.29 is 19.1 Å². The van der Waals surface area contributed by atoms with Gasteiger partial charge in [-0.15, -0.1) is 22.7 Å². The predicted molar refractivity (Wildman–Crippen MR) is 111 cm³/mol. The van der Waals surface area contributed by atoms with Crippen LogP contribution in [0.15, 0.2) is 58.3 Å². The van der Waals surface area contributed by atoms with Gasteiger partial charge >= 0.3 is 5.97 Å². The van der Waals surface area contributed by atoms with E-state index in [1.54, 1.807) is 17.5 Å². The van der Waals surface area contributed by atoms with Crippen molar-refractivity contribution in [3.8, 4) is 0 Å². The van der Waals surface area contributed by atoms with E-state index < -0.39 is 18.5 Å². The van der Waals surface area contributed by atoms with Crippen LogP contribution >= 0.6 is 22.7 Å². The molecule has 2 amide bonds. The van der Waals surface area contributed by atoms with E-state index in [1.807, 2.05) is 47.3 Å². The number of carbonyl (C=O) groups is 3. The van der Waals surface area contributed by atoms with Crippen molar-refractivity contribution in [3.63, 3.8) is 0 Å². The standard InChI is InChI=1S/C20H19N3O4S2/c1-14-4-6-15(7-5-14)12-23-8-10-29-20(23)22-17(24)13-27-18(25)11-21-19(26)16-3-2-9-28-16/h2-10H,11-13H2,1H3,(H,21,26). The Morgan fingerprint density at radius 2 is 1.90 bits per heavy atom. The molecular weight excluding hydrogens is 410 g/mol. The Bertz CT molecular complexity index is 1050. The number of rotatable bonds is 7. The van der Waals surface area contributed by atoms with Crippen LogP contribution in [-0.2, 0) is 20.9 Å². The molecule has 2 heterocycles. The number of thiophene rings is 1. The topological polar surface area (TPSA) is 89.8 Å². The average molecular weight is 430 g/mol. The van der Waals surface area contributed by atoms with Gasteiger partial charge in [0.1, 0.15) is 6.54 Å². The Morgan fingerprint density at radius 1 is 1.10 bits per heavy atom. The van der Waals surface area contributed by atoms with Gasteiger partial charge in [-0.2, -0.15) is 4.99 Å². The second-order valence-corrected chi connectivity index (χ2v) is 7.95. The fourth-order valence-corrected chi connectivity index (χ4v) is 3.76. The number of aryl methyl sites for hydroxylation is 1. The zero-order valence-electron chi connectivity index (χ0n) is 15.7. The normalized spacial score (nSPS) is 11.3. The Morgan fingerprint density at radius 3 is 2.62 bits per heavy atom. The summed E-state index contributed by atoms with van der Waals surface area (Å²) in [6, 6.07) is 11.5. The van der Waals surface area contributed by atoms with Crippen molar-refractivity contribution in [2.24, 2.45) is 4.99 Å². The first-order chi connectivity index (χ1) is 14.0. The second kappa shape index (κ2) is 9.94. The van der Waals surface area contributed by atoms with Crippen LogP contribution in [0.25, 0.3) is 0 Å². The Hall–Kier alpha value is -3.04. The molecule has 0 saturated carbocycles. The molecule has 7 nitrogen and oxygen atoms in total. The first-order valence-corrected chi connectivity index (χ1v) is 10.5. The number of ether oxygens (including phenoxy) is 1. The molecule has 0 radical (unpaired) electrons. The van der Waals surface area contributed by atoms with E-state index in [9.17, 15) is 14.4 Å². The van der Waals surface area contributed by atoms with Crippen LogP contribution < -0.4 is 10.1 Å². The molecule has 0 atom stereocenters. The number of hydrogen-bond acceptors (Lipinski definition) is 6. The second-order valence-electron chi connectivity index (χ2n) is 6.13. The van der Waals surface area contributed by atoms with E-state index in [1.165, 1.54) is 28.2 Å². The molecule has 1 aromatic carbocycles. The Kier molecular flexibility index (Phi) is 7.09. The number of hydrogen-bond donors (Lipinski definition) is 1. The fraction of sp³-hybridized carbons (Fsp3) is 0.200. The van der Waals surface area contributed by atoms with E-state index in [-0.39, 0.29) is 12.5 Å².